The lowest BCUT2D eigenvalue weighted by atomic mass is 9.96. The van der Waals surface area contributed by atoms with E-state index >= 15 is 0 Å². The highest BCUT2D eigenvalue weighted by Gasteiger charge is 2.28. The summed E-state index contributed by atoms with van der Waals surface area (Å²) in [4.78, 5) is 18.9. The minimum atomic E-state index is 0.0728. The second-order valence-electron chi connectivity index (χ2n) is 7.14. The standard InChI is InChI=1S/C20H25N3O2/c24-19(15-25-18-4-2-1-3-5-18)22-11-8-17(9-12-22)20-21-10-13-23(20)14-16-6-7-16/h1-5,10,13,16-17H,6-9,11-12,14-15H2. The lowest BCUT2D eigenvalue weighted by Crippen LogP contribution is -2.40. The van der Waals surface area contributed by atoms with E-state index in [-0.39, 0.29) is 12.5 Å². The molecule has 1 aliphatic carbocycles. The number of nitrogens with zero attached hydrogens (tertiary/aromatic N) is 3. The molecule has 1 saturated heterocycles. The topological polar surface area (TPSA) is 47.4 Å². The number of rotatable bonds is 6. The second kappa shape index (κ2) is 7.30. The summed E-state index contributed by atoms with van der Waals surface area (Å²) in [5.41, 5.74) is 0. The Kier molecular flexibility index (Phi) is 4.72. The first kappa shape index (κ1) is 16.2. The van der Waals surface area contributed by atoms with Gasteiger partial charge in [-0.05, 0) is 43.7 Å². The highest BCUT2D eigenvalue weighted by Crippen LogP contribution is 2.33. The van der Waals surface area contributed by atoms with Gasteiger partial charge < -0.3 is 14.2 Å². The van der Waals surface area contributed by atoms with Crippen LogP contribution in [0.5, 0.6) is 5.75 Å². The second-order valence-corrected chi connectivity index (χ2v) is 7.14. The van der Waals surface area contributed by atoms with E-state index in [1.54, 1.807) is 0 Å². The number of carbonyl (C=O) groups excluding carboxylic acids is 1. The van der Waals surface area contributed by atoms with Crippen LogP contribution in [0.25, 0.3) is 0 Å². The van der Waals surface area contributed by atoms with Gasteiger partial charge in [-0.15, -0.1) is 0 Å². The van der Waals surface area contributed by atoms with Crippen LogP contribution in [0.2, 0.25) is 0 Å². The Morgan fingerprint density at radius 2 is 1.88 bits per heavy atom. The molecule has 0 atom stereocenters. The van der Waals surface area contributed by atoms with Crippen molar-refractivity contribution in [1.29, 1.82) is 0 Å². The molecule has 0 N–H and O–H groups in total. The number of para-hydroxylation sites is 1. The minimum absolute atomic E-state index is 0.0728. The van der Waals surface area contributed by atoms with Gasteiger partial charge >= 0.3 is 0 Å². The molecule has 1 aliphatic heterocycles. The van der Waals surface area contributed by atoms with Crippen LogP contribution in [0, 0.1) is 5.92 Å². The molecule has 1 amide bonds. The zero-order valence-corrected chi connectivity index (χ0v) is 14.5. The molecule has 0 spiro atoms. The van der Waals surface area contributed by atoms with Crippen molar-refractivity contribution in [2.45, 2.75) is 38.1 Å². The van der Waals surface area contributed by atoms with Gasteiger partial charge in [-0.2, -0.15) is 0 Å². The Morgan fingerprint density at radius 3 is 2.60 bits per heavy atom. The number of amides is 1. The summed E-state index contributed by atoms with van der Waals surface area (Å²) >= 11 is 0. The first-order valence-electron chi connectivity index (χ1n) is 9.26. The van der Waals surface area contributed by atoms with Gasteiger partial charge in [0.1, 0.15) is 11.6 Å². The molecule has 132 valence electrons. The molecule has 1 aromatic carbocycles. The SMILES string of the molecule is O=C(COc1ccccc1)N1CCC(c2nccn2CC2CC2)CC1. The molecule has 5 nitrogen and oxygen atoms in total. The fourth-order valence-electron chi connectivity index (χ4n) is 3.55. The molecule has 1 aromatic heterocycles. The predicted molar refractivity (Wildman–Crippen MR) is 95.4 cm³/mol. The average molecular weight is 339 g/mol. The zero-order valence-electron chi connectivity index (χ0n) is 14.5. The number of ether oxygens (including phenoxy) is 1. The Bertz CT molecular complexity index is 701. The first-order valence-corrected chi connectivity index (χ1v) is 9.26. The number of hydrogen-bond acceptors (Lipinski definition) is 3. The number of aromatic nitrogens is 2. The summed E-state index contributed by atoms with van der Waals surface area (Å²) in [6, 6.07) is 9.51. The molecule has 25 heavy (non-hydrogen) atoms. The Hall–Kier alpha value is -2.30. The van der Waals surface area contributed by atoms with Gasteiger partial charge in [-0.25, -0.2) is 4.98 Å². The maximum Gasteiger partial charge on any atom is 0.260 e. The summed E-state index contributed by atoms with van der Waals surface area (Å²) in [7, 11) is 0. The van der Waals surface area contributed by atoms with Crippen LogP contribution in [0.15, 0.2) is 42.7 Å². The van der Waals surface area contributed by atoms with Crippen LogP contribution in [0.3, 0.4) is 0 Å². The first-order chi connectivity index (χ1) is 12.3. The molecule has 2 fully saturated rings. The van der Waals surface area contributed by atoms with Crippen molar-refractivity contribution in [3.05, 3.63) is 48.5 Å². The number of carbonyl (C=O) groups is 1. The number of hydrogen-bond donors (Lipinski definition) is 0. The van der Waals surface area contributed by atoms with Crippen LogP contribution < -0.4 is 4.74 Å². The van der Waals surface area contributed by atoms with E-state index in [9.17, 15) is 4.79 Å². The summed E-state index contributed by atoms with van der Waals surface area (Å²) < 4.78 is 7.91. The van der Waals surface area contributed by atoms with Crippen molar-refractivity contribution < 1.29 is 9.53 Å². The molecule has 0 bridgehead atoms. The predicted octanol–water partition coefficient (Wildman–Crippen LogP) is 3.08. The Balaban J connectivity index is 1.28. The number of imidazole rings is 1. The molecule has 0 unspecified atom stereocenters. The van der Waals surface area contributed by atoms with Crippen LogP contribution in [-0.2, 0) is 11.3 Å². The van der Waals surface area contributed by atoms with Crippen molar-refractivity contribution in [3.63, 3.8) is 0 Å². The Morgan fingerprint density at radius 1 is 1.12 bits per heavy atom. The van der Waals surface area contributed by atoms with Gasteiger partial charge in [0, 0.05) is 37.9 Å². The summed E-state index contributed by atoms with van der Waals surface area (Å²) in [5, 5.41) is 0. The fraction of sp³-hybridized carbons (Fsp3) is 0.500. The number of likely N-dealkylation sites (tertiary alicyclic amines) is 1. The number of benzene rings is 1. The van der Waals surface area contributed by atoms with Gasteiger partial charge in [0.2, 0.25) is 0 Å². The molecular formula is C20H25N3O2. The molecule has 2 aromatic rings. The maximum atomic E-state index is 12.4. The van der Waals surface area contributed by atoms with Gasteiger partial charge in [0.05, 0.1) is 0 Å². The van der Waals surface area contributed by atoms with E-state index in [1.165, 1.54) is 18.7 Å². The average Bonchev–Trinajstić information content (AvgIpc) is 3.36. The normalized spacial score (nSPS) is 18.3. The van der Waals surface area contributed by atoms with Crippen LogP contribution in [-0.4, -0.2) is 40.1 Å². The molecule has 2 aliphatic rings. The van der Waals surface area contributed by atoms with Crippen molar-refractivity contribution in [1.82, 2.24) is 14.5 Å². The monoisotopic (exact) mass is 339 g/mol. The van der Waals surface area contributed by atoms with E-state index < -0.39 is 0 Å². The smallest absolute Gasteiger partial charge is 0.260 e. The van der Waals surface area contributed by atoms with E-state index in [1.807, 2.05) is 41.4 Å². The van der Waals surface area contributed by atoms with E-state index in [0.29, 0.717) is 5.92 Å². The van der Waals surface area contributed by atoms with Crippen molar-refractivity contribution in [2.75, 3.05) is 19.7 Å². The molecular weight excluding hydrogens is 314 g/mol. The van der Waals surface area contributed by atoms with Gasteiger partial charge in [-0.3, -0.25) is 4.79 Å². The summed E-state index contributed by atoms with van der Waals surface area (Å²) in [6.07, 6.45) is 8.71. The van der Waals surface area contributed by atoms with Crippen LogP contribution >= 0.6 is 0 Å². The zero-order chi connectivity index (χ0) is 17.1. The quantitative estimate of drug-likeness (QED) is 0.812. The van der Waals surface area contributed by atoms with Crippen LogP contribution in [0.4, 0.5) is 0 Å². The van der Waals surface area contributed by atoms with Crippen LogP contribution in [0.1, 0.15) is 37.4 Å². The van der Waals surface area contributed by atoms with Gasteiger partial charge in [-0.1, -0.05) is 18.2 Å². The van der Waals surface area contributed by atoms with Crippen molar-refractivity contribution in [3.8, 4) is 5.75 Å². The lowest BCUT2D eigenvalue weighted by Gasteiger charge is -2.32. The number of piperidine rings is 1. The summed E-state index contributed by atoms with van der Waals surface area (Å²) in [6.45, 7) is 2.81. The molecule has 0 radical (unpaired) electrons. The molecule has 2 heterocycles. The van der Waals surface area contributed by atoms with E-state index in [4.69, 9.17) is 4.74 Å². The summed E-state index contributed by atoms with van der Waals surface area (Å²) in [5.74, 6) is 3.34. The van der Waals surface area contributed by atoms with E-state index in [0.717, 1.165) is 44.1 Å². The van der Waals surface area contributed by atoms with Gasteiger partial charge in [0.15, 0.2) is 6.61 Å². The minimum Gasteiger partial charge on any atom is -0.484 e. The molecule has 5 heteroatoms. The maximum absolute atomic E-state index is 12.4. The molecule has 4 rings (SSSR count). The highest BCUT2D eigenvalue weighted by molar-refractivity contribution is 5.77. The largest absolute Gasteiger partial charge is 0.484 e. The fourth-order valence-corrected chi connectivity index (χ4v) is 3.55. The van der Waals surface area contributed by atoms with Gasteiger partial charge in [0.25, 0.3) is 5.91 Å². The van der Waals surface area contributed by atoms with Crippen molar-refractivity contribution >= 4 is 5.91 Å². The lowest BCUT2D eigenvalue weighted by molar-refractivity contribution is -0.134. The third-order valence-corrected chi connectivity index (χ3v) is 5.22. The Labute approximate surface area is 148 Å². The highest BCUT2D eigenvalue weighted by atomic mass is 16.5. The third kappa shape index (κ3) is 4.03. The van der Waals surface area contributed by atoms with E-state index in [2.05, 4.69) is 15.7 Å². The molecule has 1 saturated carbocycles. The van der Waals surface area contributed by atoms with Crippen molar-refractivity contribution in [2.24, 2.45) is 5.92 Å². The third-order valence-electron chi connectivity index (χ3n) is 5.22.